The summed E-state index contributed by atoms with van der Waals surface area (Å²) < 4.78 is 0. The van der Waals surface area contributed by atoms with E-state index < -0.39 is 5.78 Å². The number of phenols is 4. The van der Waals surface area contributed by atoms with Crippen molar-refractivity contribution in [3.63, 3.8) is 0 Å². The lowest BCUT2D eigenvalue weighted by molar-refractivity contribution is 0.103. The van der Waals surface area contributed by atoms with Gasteiger partial charge >= 0.3 is 0 Å². The summed E-state index contributed by atoms with van der Waals surface area (Å²) in [6, 6.07) is 5.09. The fourth-order valence-corrected chi connectivity index (χ4v) is 1.90. The predicted octanol–water partition coefficient (Wildman–Crippen LogP) is 2.36. The molecular weight excluding hydrogens is 260 g/mol. The van der Waals surface area contributed by atoms with Crippen LogP contribution < -0.4 is 0 Å². The van der Waals surface area contributed by atoms with Gasteiger partial charge in [0.1, 0.15) is 11.5 Å². The van der Waals surface area contributed by atoms with E-state index in [-0.39, 0.29) is 45.3 Å². The third-order valence-corrected chi connectivity index (χ3v) is 3.27. The summed E-state index contributed by atoms with van der Waals surface area (Å²) in [5.74, 6) is -1.52. The molecule has 0 aliphatic rings. The maximum atomic E-state index is 12.3. The number of phenolic OH excluding ortho intramolecular Hbond substituents is 4. The van der Waals surface area contributed by atoms with Gasteiger partial charge in [0, 0.05) is 22.3 Å². The second-order valence-corrected chi connectivity index (χ2v) is 4.57. The van der Waals surface area contributed by atoms with Gasteiger partial charge < -0.3 is 20.4 Å². The number of hydrogen-bond acceptors (Lipinski definition) is 5. The Morgan fingerprint density at radius 3 is 1.95 bits per heavy atom. The van der Waals surface area contributed by atoms with Crippen LogP contribution in [0, 0.1) is 13.8 Å². The van der Waals surface area contributed by atoms with Crippen molar-refractivity contribution in [1.82, 2.24) is 0 Å². The zero-order valence-electron chi connectivity index (χ0n) is 11.0. The molecule has 2 rings (SSSR count). The lowest BCUT2D eigenvalue weighted by Gasteiger charge is -2.10. The monoisotopic (exact) mass is 274 g/mol. The van der Waals surface area contributed by atoms with Gasteiger partial charge in [0.25, 0.3) is 0 Å². The van der Waals surface area contributed by atoms with Crippen LogP contribution in [0.4, 0.5) is 0 Å². The Bertz CT molecular complexity index is 681. The molecule has 0 radical (unpaired) electrons. The summed E-state index contributed by atoms with van der Waals surface area (Å²) in [7, 11) is 0. The zero-order chi connectivity index (χ0) is 15.0. The second kappa shape index (κ2) is 4.77. The Morgan fingerprint density at radius 2 is 1.40 bits per heavy atom. The maximum Gasteiger partial charge on any atom is 0.193 e. The molecule has 2 aromatic rings. The highest BCUT2D eigenvalue weighted by molar-refractivity contribution is 6.10. The molecule has 0 aliphatic carbocycles. The smallest absolute Gasteiger partial charge is 0.193 e. The standard InChI is InChI=1S/C15H14O5/c1-7-10(3-4-11(16)14(7)19)15(20)9-5-12(17)8(2)13(18)6-9/h3-6,16-19H,1-2H3. The summed E-state index contributed by atoms with van der Waals surface area (Å²) in [5, 5.41) is 38.3. The fourth-order valence-electron chi connectivity index (χ4n) is 1.90. The molecule has 0 fully saturated rings. The van der Waals surface area contributed by atoms with E-state index in [2.05, 4.69) is 0 Å². The first kappa shape index (κ1) is 13.7. The summed E-state index contributed by atoms with van der Waals surface area (Å²) >= 11 is 0. The Morgan fingerprint density at radius 1 is 0.850 bits per heavy atom. The molecule has 0 heterocycles. The van der Waals surface area contributed by atoms with E-state index in [0.29, 0.717) is 0 Å². The molecule has 5 heteroatoms. The number of carbonyl (C=O) groups excluding carboxylic acids is 1. The molecule has 0 saturated carbocycles. The predicted molar refractivity (Wildman–Crippen MR) is 72.4 cm³/mol. The lowest BCUT2D eigenvalue weighted by atomic mass is 9.97. The summed E-state index contributed by atoms with van der Waals surface area (Å²) in [6.45, 7) is 3.02. The molecule has 0 amide bonds. The molecule has 0 unspecified atom stereocenters. The van der Waals surface area contributed by atoms with Crippen molar-refractivity contribution in [2.45, 2.75) is 13.8 Å². The Kier molecular flexibility index (Phi) is 3.28. The molecule has 20 heavy (non-hydrogen) atoms. The molecule has 4 N–H and O–H groups in total. The van der Waals surface area contributed by atoms with Crippen LogP contribution in [0.2, 0.25) is 0 Å². The normalized spacial score (nSPS) is 10.5. The van der Waals surface area contributed by atoms with Crippen LogP contribution in [0.25, 0.3) is 0 Å². The second-order valence-electron chi connectivity index (χ2n) is 4.57. The minimum Gasteiger partial charge on any atom is -0.508 e. The van der Waals surface area contributed by atoms with Crippen LogP contribution in [0.1, 0.15) is 27.0 Å². The van der Waals surface area contributed by atoms with E-state index in [1.54, 1.807) is 0 Å². The van der Waals surface area contributed by atoms with Crippen molar-refractivity contribution < 1.29 is 25.2 Å². The Labute approximate surface area is 115 Å². The highest BCUT2D eigenvalue weighted by atomic mass is 16.3. The molecule has 0 saturated heterocycles. The van der Waals surface area contributed by atoms with Gasteiger partial charge in [-0.1, -0.05) is 0 Å². The largest absolute Gasteiger partial charge is 0.508 e. The Hall–Kier alpha value is -2.69. The van der Waals surface area contributed by atoms with Crippen molar-refractivity contribution in [1.29, 1.82) is 0 Å². The van der Waals surface area contributed by atoms with Gasteiger partial charge in [0.2, 0.25) is 0 Å². The minimum atomic E-state index is -0.469. The number of ketones is 1. The third-order valence-electron chi connectivity index (χ3n) is 3.27. The number of hydrogen-bond donors (Lipinski definition) is 4. The van der Waals surface area contributed by atoms with Crippen molar-refractivity contribution in [2.75, 3.05) is 0 Å². The van der Waals surface area contributed by atoms with Crippen molar-refractivity contribution in [2.24, 2.45) is 0 Å². The lowest BCUT2D eigenvalue weighted by Crippen LogP contribution is -2.04. The minimum absolute atomic E-state index is 0.0961. The molecule has 5 nitrogen and oxygen atoms in total. The zero-order valence-corrected chi connectivity index (χ0v) is 11.0. The average Bonchev–Trinajstić information content (AvgIpc) is 2.41. The van der Waals surface area contributed by atoms with Crippen molar-refractivity contribution in [3.8, 4) is 23.0 Å². The summed E-state index contributed by atoms with van der Waals surface area (Å²) in [6.07, 6.45) is 0. The number of carbonyl (C=O) groups is 1. The first-order valence-electron chi connectivity index (χ1n) is 5.91. The third kappa shape index (κ3) is 2.14. The number of rotatable bonds is 2. The first-order valence-corrected chi connectivity index (χ1v) is 5.91. The van der Waals surface area contributed by atoms with Gasteiger partial charge in [-0.2, -0.15) is 0 Å². The van der Waals surface area contributed by atoms with E-state index in [1.165, 1.54) is 38.1 Å². The SMILES string of the molecule is Cc1c(O)cc(C(=O)c2ccc(O)c(O)c2C)cc1O. The van der Waals surface area contributed by atoms with Crippen LogP contribution >= 0.6 is 0 Å². The molecular formula is C15H14O5. The highest BCUT2D eigenvalue weighted by Gasteiger charge is 2.18. The molecule has 0 atom stereocenters. The quantitative estimate of drug-likeness (QED) is 0.498. The van der Waals surface area contributed by atoms with Crippen molar-refractivity contribution in [3.05, 3.63) is 46.5 Å². The topological polar surface area (TPSA) is 98.0 Å². The molecule has 2 aromatic carbocycles. The molecule has 104 valence electrons. The van der Waals surface area contributed by atoms with Crippen LogP contribution in [0.3, 0.4) is 0 Å². The van der Waals surface area contributed by atoms with Crippen LogP contribution in [0.5, 0.6) is 23.0 Å². The fraction of sp³-hybridized carbons (Fsp3) is 0.133. The van der Waals surface area contributed by atoms with Gasteiger partial charge in [-0.25, -0.2) is 0 Å². The van der Waals surface area contributed by atoms with Gasteiger partial charge in [-0.15, -0.1) is 0 Å². The molecule has 0 spiro atoms. The Balaban J connectivity index is 2.55. The first-order chi connectivity index (χ1) is 9.32. The number of aromatic hydroxyl groups is 4. The average molecular weight is 274 g/mol. The van der Waals surface area contributed by atoms with Crippen LogP contribution in [-0.2, 0) is 0 Å². The highest BCUT2D eigenvalue weighted by Crippen LogP contribution is 2.33. The van der Waals surface area contributed by atoms with E-state index in [4.69, 9.17) is 0 Å². The van der Waals surface area contributed by atoms with Gasteiger partial charge in [-0.3, -0.25) is 4.79 Å². The summed E-state index contributed by atoms with van der Waals surface area (Å²) in [5.41, 5.74) is 0.795. The van der Waals surface area contributed by atoms with Crippen LogP contribution in [0.15, 0.2) is 24.3 Å². The van der Waals surface area contributed by atoms with E-state index in [9.17, 15) is 25.2 Å². The number of benzene rings is 2. The molecule has 0 aliphatic heterocycles. The van der Waals surface area contributed by atoms with Crippen LogP contribution in [-0.4, -0.2) is 26.2 Å². The molecule has 0 bridgehead atoms. The van der Waals surface area contributed by atoms with Crippen molar-refractivity contribution >= 4 is 5.78 Å². The van der Waals surface area contributed by atoms with Gasteiger partial charge in [0.15, 0.2) is 17.3 Å². The molecule has 0 aromatic heterocycles. The van der Waals surface area contributed by atoms with Gasteiger partial charge in [0.05, 0.1) is 0 Å². The van der Waals surface area contributed by atoms with Gasteiger partial charge in [-0.05, 0) is 38.1 Å². The van der Waals surface area contributed by atoms with E-state index >= 15 is 0 Å². The van der Waals surface area contributed by atoms with E-state index in [0.717, 1.165) is 0 Å². The van der Waals surface area contributed by atoms with E-state index in [1.807, 2.05) is 0 Å². The summed E-state index contributed by atoms with van der Waals surface area (Å²) in [4.78, 5) is 12.3. The maximum absolute atomic E-state index is 12.3.